The van der Waals surface area contributed by atoms with Crippen LogP contribution >= 0.6 is 11.6 Å². The Morgan fingerprint density at radius 2 is 1.67 bits per heavy atom. The molecule has 1 heterocycles. The van der Waals surface area contributed by atoms with Gasteiger partial charge >= 0.3 is 6.18 Å². The van der Waals surface area contributed by atoms with Crippen LogP contribution in [-0.4, -0.2) is 37.0 Å². The number of carbonyl (C=O) groups is 1. The van der Waals surface area contributed by atoms with Crippen LogP contribution in [0.25, 0.3) is 6.08 Å². The molecule has 27 heavy (non-hydrogen) atoms. The molecule has 0 N–H and O–H groups in total. The molecule has 0 radical (unpaired) electrons. The molecule has 1 amide bonds. The van der Waals surface area contributed by atoms with E-state index in [1.165, 1.54) is 24.3 Å². The summed E-state index contributed by atoms with van der Waals surface area (Å²) in [5.74, 6) is -0.216. The van der Waals surface area contributed by atoms with Gasteiger partial charge in [-0.3, -0.25) is 4.79 Å². The second-order valence-electron chi connectivity index (χ2n) is 6.22. The van der Waals surface area contributed by atoms with Crippen LogP contribution in [0.4, 0.5) is 18.9 Å². The highest BCUT2D eigenvalue weighted by atomic mass is 35.5. The molecule has 0 bridgehead atoms. The zero-order valence-corrected chi connectivity index (χ0v) is 15.2. The van der Waals surface area contributed by atoms with E-state index in [9.17, 15) is 18.0 Å². The molecule has 1 aliphatic heterocycles. The fourth-order valence-electron chi connectivity index (χ4n) is 2.96. The smallest absolute Gasteiger partial charge is 0.368 e. The summed E-state index contributed by atoms with van der Waals surface area (Å²) in [6.07, 6.45) is -1.84. The van der Waals surface area contributed by atoms with Gasteiger partial charge < -0.3 is 9.80 Å². The fraction of sp³-hybridized carbons (Fsp3) is 0.250. The van der Waals surface area contributed by atoms with Crippen molar-refractivity contribution in [1.82, 2.24) is 4.90 Å². The third kappa shape index (κ3) is 4.83. The van der Waals surface area contributed by atoms with Crippen LogP contribution in [0.5, 0.6) is 0 Å². The predicted molar refractivity (Wildman–Crippen MR) is 101 cm³/mol. The summed E-state index contributed by atoms with van der Waals surface area (Å²) in [7, 11) is 0. The number of rotatable bonds is 3. The van der Waals surface area contributed by atoms with Gasteiger partial charge in [0, 0.05) is 37.9 Å². The maximum atomic E-state index is 12.9. The summed E-state index contributed by atoms with van der Waals surface area (Å²) in [4.78, 5) is 16.2. The number of para-hydroxylation sites is 1. The van der Waals surface area contributed by atoms with E-state index in [0.717, 1.165) is 11.8 Å². The number of piperazine rings is 1. The SMILES string of the molecule is O=C(C=Cc1ccc(Cl)c(C(F)(F)F)c1)N1CCN(c2ccccc2)CC1. The number of hydrogen-bond acceptors (Lipinski definition) is 2. The summed E-state index contributed by atoms with van der Waals surface area (Å²) in [6.45, 7) is 2.55. The maximum absolute atomic E-state index is 12.9. The van der Waals surface area contributed by atoms with Crippen molar-refractivity contribution in [2.24, 2.45) is 0 Å². The van der Waals surface area contributed by atoms with Crippen molar-refractivity contribution in [1.29, 1.82) is 0 Å². The van der Waals surface area contributed by atoms with Gasteiger partial charge in [0.2, 0.25) is 5.91 Å². The predicted octanol–water partition coefficient (Wildman–Crippen LogP) is 4.72. The molecule has 3 rings (SSSR count). The molecular weight excluding hydrogens is 377 g/mol. The lowest BCUT2D eigenvalue weighted by atomic mass is 10.1. The van der Waals surface area contributed by atoms with Crippen LogP contribution in [0.2, 0.25) is 5.02 Å². The third-order valence-corrected chi connectivity index (χ3v) is 4.76. The number of nitrogens with zero attached hydrogens (tertiary/aromatic N) is 2. The van der Waals surface area contributed by atoms with Crippen molar-refractivity contribution in [2.75, 3.05) is 31.1 Å². The van der Waals surface area contributed by atoms with Crippen molar-refractivity contribution < 1.29 is 18.0 Å². The number of alkyl halides is 3. The monoisotopic (exact) mass is 394 g/mol. The Bertz CT molecular complexity index is 829. The van der Waals surface area contributed by atoms with Gasteiger partial charge in [-0.15, -0.1) is 0 Å². The van der Waals surface area contributed by atoms with E-state index in [2.05, 4.69) is 4.90 Å². The molecule has 0 unspecified atom stereocenters. The van der Waals surface area contributed by atoms with Crippen LogP contribution < -0.4 is 4.90 Å². The minimum absolute atomic E-state index is 0.216. The Morgan fingerprint density at radius 3 is 2.30 bits per heavy atom. The van der Waals surface area contributed by atoms with Gasteiger partial charge in [0.1, 0.15) is 0 Å². The van der Waals surface area contributed by atoms with E-state index in [0.29, 0.717) is 26.2 Å². The molecule has 1 aliphatic rings. The highest BCUT2D eigenvalue weighted by Gasteiger charge is 2.33. The molecule has 1 fully saturated rings. The number of benzene rings is 2. The summed E-state index contributed by atoms with van der Waals surface area (Å²) in [5, 5.41) is -0.358. The van der Waals surface area contributed by atoms with E-state index < -0.39 is 11.7 Å². The number of halogens is 4. The summed E-state index contributed by atoms with van der Waals surface area (Å²) < 4.78 is 38.7. The van der Waals surface area contributed by atoms with E-state index in [4.69, 9.17) is 11.6 Å². The Balaban J connectivity index is 1.61. The summed E-state index contributed by atoms with van der Waals surface area (Å²) >= 11 is 5.61. The molecule has 1 saturated heterocycles. The topological polar surface area (TPSA) is 23.6 Å². The molecule has 0 saturated carbocycles. The zero-order chi connectivity index (χ0) is 19.4. The highest BCUT2D eigenvalue weighted by molar-refractivity contribution is 6.31. The molecule has 7 heteroatoms. The van der Waals surface area contributed by atoms with Crippen LogP contribution in [0.15, 0.2) is 54.6 Å². The molecule has 0 aliphatic carbocycles. The van der Waals surface area contributed by atoms with Gasteiger partial charge in [0.05, 0.1) is 10.6 Å². The van der Waals surface area contributed by atoms with Gasteiger partial charge in [0.25, 0.3) is 0 Å². The lowest BCUT2D eigenvalue weighted by molar-refractivity contribution is -0.137. The van der Waals surface area contributed by atoms with Gasteiger partial charge in [-0.05, 0) is 35.9 Å². The first kappa shape index (κ1) is 19.3. The number of anilines is 1. The quantitative estimate of drug-likeness (QED) is 0.703. The van der Waals surface area contributed by atoms with E-state index in [-0.39, 0.29) is 16.5 Å². The first-order chi connectivity index (χ1) is 12.8. The second-order valence-corrected chi connectivity index (χ2v) is 6.63. The normalized spacial score (nSPS) is 15.4. The second kappa shape index (κ2) is 8.05. The Hall–Kier alpha value is -2.47. The summed E-state index contributed by atoms with van der Waals surface area (Å²) in [5.41, 5.74) is 0.485. The maximum Gasteiger partial charge on any atom is 0.417 e. The standard InChI is InChI=1S/C20H18ClF3N2O/c21-18-8-6-15(14-17(18)20(22,23)24)7-9-19(27)26-12-10-25(11-13-26)16-4-2-1-3-5-16/h1-9,14H,10-13H2. The molecular formula is C20H18ClF3N2O. The van der Waals surface area contributed by atoms with E-state index >= 15 is 0 Å². The average molecular weight is 395 g/mol. The lowest BCUT2D eigenvalue weighted by Crippen LogP contribution is -2.48. The van der Waals surface area contributed by atoms with Gasteiger partial charge in [-0.2, -0.15) is 13.2 Å². The Kier molecular flexibility index (Phi) is 5.75. The number of hydrogen-bond donors (Lipinski definition) is 0. The lowest BCUT2D eigenvalue weighted by Gasteiger charge is -2.35. The van der Waals surface area contributed by atoms with Gasteiger partial charge in [0.15, 0.2) is 0 Å². The minimum atomic E-state index is -4.53. The minimum Gasteiger partial charge on any atom is -0.368 e. The fourth-order valence-corrected chi connectivity index (χ4v) is 3.19. The largest absolute Gasteiger partial charge is 0.417 e. The van der Waals surface area contributed by atoms with E-state index in [1.807, 2.05) is 30.3 Å². The first-order valence-electron chi connectivity index (χ1n) is 8.48. The van der Waals surface area contributed by atoms with Crippen molar-refractivity contribution in [2.45, 2.75) is 6.18 Å². The third-order valence-electron chi connectivity index (χ3n) is 4.43. The van der Waals surface area contributed by atoms with Crippen molar-refractivity contribution in [3.05, 3.63) is 70.8 Å². The molecule has 142 valence electrons. The summed E-state index contributed by atoms with van der Waals surface area (Å²) in [6, 6.07) is 13.5. The first-order valence-corrected chi connectivity index (χ1v) is 8.86. The molecule has 0 atom stereocenters. The van der Waals surface area contributed by atoms with Crippen molar-refractivity contribution >= 4 is 29.3 Å². The molecule has 0 spiro atoms. The van der Waals surface area contributed by atoms with Gasteiger partial charge in [-0.25, -0.2) is 0 Å². The average Bonchev–Trinajstić information content (AvgIpc) is 2.67. The Morgan fingerprint density at radius 1 is 1.00 bits per heavy atom. The number of amides is 1. The van der Waals surface area contributed by atoms with Gasteiger partial charge in [-0.1, -0.05) is 35.9 Å². The molecule has 2 aromatic rings. The van der Waals surface area contributed by atoms with Crippen LogP contribution in [0.1, 0.15) is 11.1 Å². The van der Waals surface area contributed by atoms with E-state index in [1.54, 1.807) is 4.90 Å². The highest BCUT2D eigenvalue weighted by Crippen LogP contribution is 2.35. The number of carbonyl (C=O) groups excluding carboxylic acids is 1. The van der Waals surface area contributed by atoms with Crippen LogP contribution in [0, 0.1) is 0 Å². The van der Waals surface area contributed by atoms with Crippen LogP contribution in [-0.2, 0) is 11.0 Å². The van der Waals surface area contributed by atoms with Crippen LogP contribution in [0.3, 0.4) is 0 Å². The zero-order valence-electron chi connectivity index (χ0n) is 14.4. The Labute approximate surface area is 160 Å². The molecule has 3 nitrogen and oxygen atoms in total. The van der Waals surface area contributed by atoms with Crippen molar-refractivity contribution in [3.8, 4) is 0 Å². The van der Waals surface area contributed by atoms with Crippen molar-refractivity contribution in [3.63, 3.8) is 0 Å². The molecule has 2 aromatic carbocycles. The molecule has 0 aromatic heterocycles.